The Balaban J connectivity index is 1.68. The van der Waals surface area contributed by atoms with E-state index >= 15 is 0 Å². The Morgan fingerprint density at radius 3 is 2.55 bits per heavy atom. The topological polar surface area (TPSA) is 136 Å². The van der Waals surface area contributed by atoms with Crippen LogP contribution in [0.5, 0.6) is 0 Å². The van der Waals surface area contributed by atoms with Crippen molar-refractivity contribution < 1.29 is 4.79 Å². The Morgan fingerprint density at radius 1 is 1.09 bits per heavy atom. The summed E-state index contributed by atoms with van der Waals surface area (Å²) in [6, 6.07) is 14.3. The number of H-pyrrole nitrogens is 1. The summed E-state index contributed by atoms with van der Waals surface area (Å²) in [4.78, 5) is 58.2. The van der Waals surface area contributed by atoms with E-state index in [1.807, 2.05) is 43.3 Å². The number of anilines is 2. The second-order valence-corrected chi connectivity index (χ2v) is 7.67. The van der Waals surface area contributed by atoms with E-state index in [1.54, 1.807) is 12.1 Å². The predicted molar refractivity (Wildman–Crippen MR) is 125 cm³/mol. The minimum Gasteiger partial charge on any atom is -0.383 e. The van der Waals surface area contributed by atoms with Crippen LogP contribution in [0.2, 0.25) is 0 Å². The average Bonchev–Trinajstić information content (AvgIpc) is 2.79. The number of benzene rings is 2. The molecule has 0 spiro atoms. The van der Waals surface area contributed by atoms with E-state index in [0.29, 0.717) is 10.9 Å². The molecule has 10 heteroatoms. The van der Waals surface area contributed by atoms with Crippen LogP contribution in [-0.4, -0.2) is 32.1 Å². The molecular formula is C23H22N6O4. The normalized spacial score (nSPS) is 11.0. The lowest BCUT2D eigenvalue weighted by Gasteiger charge is -2.21. The van der Waals surface area contributed by atoms with Gasteiger partial charge in [-0.15, -0.1) is 0 Å². The number of para-hydroxylation sites is 1. The highest BCUT2D eigenvalue weighted by molar-refractivity contribution is 5.95. The van der Waals surface area contributed by atoms with Gasteiger partial charge in [0.2, 0.25) is 5.91 Å². The number of amides is 1. The molecule has 4 aromatic rings. The van der Waals surface area contributed by atoms with Gasteiger partial charge in [-0.2, -0.15) is 0 Å². The highest BCUT2D eigenvalue weighted by atomic mass is 16.2. The molecule has 3 N–H and O–H groups in total. The van der Waals surface area contributed by atoms with Crippen LogP contribution in [-0.2, 0) is 17.9 Å². The number of aryl methyl sites for hydroxylation is 1. The van der Waals surface area contributed by atoms with Crippen LogP contribution < -0.4 is 27.4 Å². The first-order valence-electron chi connectivity index (χ1n) is 10.2. The Labute approximate surface area is 187 Å². The molecule has 2 aromatic carbocycles. The average molecular weight is 446 g/mol. The van der Waals surface area contributed by atoms with Gasteiger partial charge in [0.1, 0.15) is 12.4 Å². The van der Waals surface area contributed by atoms with Crippen molar-refractivity contribution in [1.29, 1.82) is 0 Å². The lowest BCUT2D eigenvalue weighted by Crippen LogP contribution is -2.41. The zero-order chi connectivity index (χ0) is 23.7. The van der Waals surface area contributed by atoms with E-state index in [9.17, 15) is 19.2 Å². The smallest absolute Gasteiger partial charge is 0.330 e. The summed E-state index contributed by atoms with van der Waals surface area (Å²) in [6.07, 6.45) is 1.30. The lowest BCUT2D eigenvalue weighted by atomic mass is 10.1. The molecule has 0 bridgehead atoms. The maximum absolute atomic E-state index is 13.0. The molecule has 10 nitrogen and oxygen atoms in total. The number of nitrogens with zero attached hydrogens (tertiary/aromatic N) is 4. The highest BCUT2D eigenvalue weighted by Crippen LogP contribution is 2.17. The number of nitrogen functional groups attached to an aromatic ring is 1. The Bertz CT molecular complexity index is 1540. The third-order valence-electron chi connectivity index (χ3n) is 5.47. The fourth-order valence-corrected chi connectivity index (χ4v) is 3.65. The zero-order valence-electron chi connectivity index (χ0n) is 18.1. The molecule has 0 radical (unpaired) electrons. The standard InChI is InChI=1S/C23H22N6O4/c1-14-7-6-10-16-18(14)25-13-28(22(16)32)12-17(30)27(2)19-20(24)29(23(33)26-21(19)31)11-15-8-4-3-5-9-15/h3-10,13H,11-12,24H2,1-2H3,(H,26,31,33). The summed E-state index contributed by atoms with van der Waals surface area (Å²) in [5.74, 6) is -0.726. The number of hydrogen-bond donors (Lipinski definition) is 2. The number of rotatable bonds is 5. The first-order valence-corrected chi connectivity index (χ1v) is 10.2. The molecule has 0 aliphatic heterocycles. The maximum Gasteiger partial charge on any atom is 0.330 e. The van der Waals surface area contributed by atoms with Gasteiger partial charge in [0.15, 0.2) is 5.69 Å². The molecule has 0 atom stereocenters. The molecular weight excluding hydrogens is 424 g/mol. The van der Waals surface area contributed by atoms with Crippen molar-refractivity contribution in [3.05, 3.63) is 97.2 Å². The van der Waals surface area contributed by atoms with Crippen molar-refractivity contribution in [2.75, 3.05) is 17.7 Å². The van der Waals surface area contributed by atoms with Gasteiger partial charge in [-0.05, 0) is 24.1 Å². The van der Waals surface area contributed by atoms with Gasteiger partial charge in [0.05, 0.1) is 23.8 Å². The molecule has 168 valence electrons. The minimum atomic E-state index is -0.794. The number of carbonyl (C=O) groups is 1. The minimum absolute atomic E-state index is 0.116. The quantitative estimate of drug-likeness (QED) is 0.466. The first kappa shape index (κ1) is 21.8. The molecule has 0 aliphatic carbocycles. The van der Waals surface area contributed by atoms with Crippen molar-refractivity contribution >= 4 is 28.3 Å². The van der Waals surface area contributed by atoms with E-state index in [0.717, 1.165) is 16.0 Å². The Hall–Kier alpha value is -4.47. The molecule has 4 rings (SSSR count). The van der Waals surface area contributed by atoms with Crippen molar-refractivity contribution in [3.63, 3.8) is 0 Å². The second kappa shape index (κ2) is 8.58. The highest BCUT2D eigenvalue weighted by Gasteiger charge is 2.22. The van der Waals surface area contributed by atoms with Gasteiger partial charge in [0, 0.05) is 7.05 Å². The third-order valence-corrected chi connectivity index (χ3v) is 5.47. The molecule has 33 heavy (non-hydrogen) atoms. The van der Waals surface area contributed by atoms with Gasteiger partial charge in [0.25, 0.3) is 11.1 Å². The predicted octanol–water partition coefficient (Wildman–Crippen LogP) is 0.848. The molecule has 1 amide bonds. The number of fused-ring (bicyclic) bond motifs is 1. The number of nitrogens with two attached hydrogens (primary N) is 1. The number of aromatic nitrogens is 4. The fourth-order valence-electron chi connectivity index (χ4n) is 3.65. The number of carbonyl (C=O) groups excluding carboxylic acids is 1. The fraction of sp³-hybridized carbons (Fsp3) is 0.174. The van der Waals surface area contributed by atoms with Gasteiger partial charge >= 0.3 is 5.69 Å². The van der Waals surface area contributed by atoms with Crippen molar-refractivity contribution in [2.24, 2.45) is 0 Å². The number of aromatic amines is 1. The third kappa shape index (κ3) is 4.05. The largest absolute Gasteiger partial charge is 0.383 e. The molecule has 0 saturated heterocycles. The first-order chi connectivity index (χ1) is 15.8. The van der Waals surface area contributed by atoms with Crippen LogP contribution in [0.1, 0.15) is 11.1 Å². The summed E-state index contributed by atoms with van der Waals surface area (Å²) in [6.45, 7) is 1.60. The van der Waals surface area contributed by atoms with E-state index in [2.05, 4.69) is 9.97 Å². The maximum atomic E-state index is 13.0. The summed E-state index contributed by atoms with van der Waals surface area (Å²) < 4.78 is 2.35. The van der Waals surface area contributed by atoms with Crippen LogP contribution in [0.15, 0.2) is 69.2 Å². The van der Waals surface area contributed by atoms with Crippen molar-refractivity contribution in [3.8, 4) is 0 Å². The number of likely N-dealkylation sites (N-methyl/N-ethyl adjacent to an activating group) is 1. The van der Waals surface area contributed by atoms with Crippen LogP contribution in [0, 0.1) is 6.92 Å². The SMILES string of the molecule is Cc1cccc2c(=O)n(CC(=O)N(C)c3c(N)n(Cc4ccccc4)c(=O)[nH]c3=O)cnc12. The molecule has 2 heterocycles. The molecule has 0 aliphatic rings. The Morgan fingerprint density at radius 2 is 1.82 bits per heavy atom. The lowest BCUT2D eigenvalue weighted by molar-refractivity contribution is -0.118. The summed E-state index contributed by atoms with van der Waals surface area (Å²) >= 11 is 0. The summed E-state index contributed by atoms with van der Waals surface area (Å²) in [7, 11) is 1.37. The van der Waals surface area contributed by atoms with Crippen molar-refractivity contribution in [1.82, 2.24) is 19.1 Å². The van der Waals surface area contributed by atoms with Crippen LogP contribution in [0.4, 0.5) is 11.5 Å². The van der Waals surface area contributed by atoms with Gasteiger partial charge in [-0.3, -0.25) is 28.5 Å². The molecule has 0 saturated carbocycles. The van der Waals surface area contributed by atoms with E-state index in [4.69, 9.17) is 5.73 Å². The molecule has 0 fully saturated rings. The second-order valence-electron chi connectivity index (χ2n) is 7.67. The van der Waals surface area contributed by atoms with Crippen molar-refractivity contribution in [2.45, 2.75) is 20.0 Å². The van der Waals surface area contributed by atoms with E-state index < -0.39 is 17.2 Å². The number of hydrogen-bond acceptors (Lipinski definition) is 6. The summed E-state index contributed by atoms with van der Waals surface area (Å²) in [5.41, 5.74) is 6.33. The van der Waals surface area contributed by atoms with Crippen LogP contribution in [0.25, 0.3) is 10.9 Å². The zero-order valence-corrected chi connectivity index (χ0v) is 18.1. The van der Waals surface area contributed by atoms with Crippen LogP contribution >= 0.6 is 0 Å². The molecule has 0 unspecified atom stereocenters. The van der Waals surface area contributed by atoms with E-state index in [-0.39, 0.29) is 30.2 Å². The van der Waals surface area contributed by atoms with Gasteiger partial charge in [-0.25, -0.2) is 9.78 Å². The van der Waals surface area contributed by atoms with Crippen LogP contribution in [0.3, 0.4) is 0 Å². The number of nitrogens with one attached hydrogen (secondary N) is 1. The van der Waals surface area contributed by atoms with E-state index in [1.165, 1.54) is 22.5 Å². The van der Waals surface area contributed by atoms with Gasteiger partial charge < -0.3 is 10.6 Å². The Kier molecular flexibility index (Phi) is 5.65. The monoisotopic (exact) mass is 446 g/mol. The van der Waals surface area contributed by atoms with Gasteiger partial charge in [-0.1, -0.05) is 42.5 Å². The molecule has 2 aromatic heterocycles. The summed E-state index contributed by atoms with van der Waals surface area (Å²) in [5, 5.41) is 0.390.